The van der Waals surface area contributed by atoms with E-state index in [1.165, 1.54) is 0 Å². The van der Waals surface area contributed by atoms with Gasteiger partial charge in [0, 0.05) is 11.0 Å². The molecule has 1 aromatic rings. The minimum Gasteiger partial charge on any atom is -0.329 e. The van der Waals surface area contributed by atoms with Crippen molar-refractivity contribution in [3.63, 3.8) is 0 Å². The number of carbonyl (C=O) groups is 2. The predicted molar refractivity (Wildman–Crippen MR) is 85.1 cm³/mol. The summed E-state index contributed by atoms with van der Waals surface area (Å²) in [5.41, 5.74) is 0.799. The highest BCUT2D eigenvalue weighted by atomic mass is 79.9. The van der Waals surface area contributed by atoms with E-state index in [9.17, 15) is 9.59 Å². The van der Waals surface area contributed by atoms with Crippen LogP contribution in [0.1, 0.15) is 32.6 Å². The first-order valence-corrected chi connectivity index (χ1v) is 8.32. The maximum Gasteiger partial charge on any atom is 0.250 e. The number of fused-ring (bicyclic) bond motifs is 1. The van der Waals surface area contributed by atoms with Crippen LogP contribution in [0.25, 0.3) is 0 Å². The first-order chi connectivity index (χ1) is 10.1. The highest BCUT2D eigenvalue weighted by molar-refractivity contribution is 9.10. The largest absolute Gasteiger partial charge is 0.329 e. The van der Waals surface area contributed by atoms with Crippen LogP contribution in [0, 0.1) is 0 Å². The molecule has 2 atom stereocenters. The fourth-order valence-corrected chi connectivity index (χ4v) is 3.83. The van der Waals surface area contributed by atoms with Gasteiger partial charge >= 0.3 is 0 Å². The molecule has 4 nitrogen and oxygen atoms in total. The Balaban J connectivity index is 2.03. The molecule has 112 valence electrons. The molecule has 2 aliphatic rings. The summed E-state index contributed by atoms with van der Waals surface area (Å²) in [7, 11) is 0. The lowest BCUT2D eigenvalue weighted by molar-refractivity contribution is -0.148. The summed E-state index contributed by atoms with van der Waals surface area (Å²) in [6.45, 7) is 2.68. The number of rotatable bonds is 2. The fraction of sp³-hybridized carbons (Fsp3) is 0.500. The van der Waals surface area contributed by atoms with Gasteiger partial charge < -0.3 is 4.90 Å². The van der Waals surface area contributed by atoms with Crippen molar-refractivity contribution in [3.8, 4) is 0 Å². The zero-order valence-corrected chi connectivity index (χ0v) is 13.7. The Morgan fingerprint density at radius 1 is 1.19 bits per heavy atom. The average Bonchev–Trinajstić information content (AvgIpc) is 2.51. The number of nitrogens with zero attached hydrogens (tertiary/aromatic N) is 2. The van der Waals surface area contributed by atoms with Crippen LogP contribution in [0.4, 0.5) is 5.69 Å². The van der Waals surface area contributed by atoms with E-state index in [4.69, 9.17) is 0 Å². The standard InChI is InChI=1S/C16H19BrN2O2/c1-2-12-15(20)18-10-6-5-9-14(18)16(21)19(12)13-8-4-3-7-11(13)17/h3-4,7-8,12,14H,2,5-6,9-10H2,1H3. The quantitative estimate of drug-likeness (QED) is 0.822. The minimum atomic E-state index is -0.384. The van der Waals surface area contributed by atoms with Crippen LogP contribution in [0.3, 0.4) is 0 Å². The molecule has 2 heterocycles. The van der Waals surface area contributed by atoms with Crippen LogP contribution >= 0.6 is 15.9 Å². The van der Waals surface area contributed by atoms with Gasteiger partial charge in [-0.1, -0.05) is 19.1 Å². The van der Waals surface area contributed by atoms with Crippen molar-refractivity contribution in [1.82, 2.24) is 4.90 Å². The number of carbonyl (C=O) groups excluding carboxylic acids is 2. The summed E-state index contributed by atoms with van der Waals surface area (Å²) in [6, 6.07) is 6.96. The van der Waals surface area contributed by atoms with Crippen LogP contribution in [-0.4, -0.2) is 35.3 Å². The molecule has 0 saturated carbocycles. The molecule has 1 aromatic carbocycles. The molecule has 2 saturated heterocycles. The molecule has 2 fully saturated rings. The minimum absolute atomic E-state index is 0.0630. The molecule has 3 rings (SSSR count). The number of piperazine rings is 1. The Labute approximate surface area is 133 Å². The molecule has 21 heavy (non-hydrogen) atoms. The van der Waals surface area contributed by atoms with Crippen LogP contribution < -0.4 is 4.90 Å². The van der Waals surface area contributed by atoms with Crippen molar-refractivity contribution in [2.24, 2.45) is 0 Å². The van der Waals surface area contributed by atoms with E-state index >= 15 is 0 Å². The maximum absolute atomic E-state index is 12.9. The lowest BCUT2D eigenvalue weighted by Crippen LogP contribution is -2.66. The van der Waals surface area contributed by atoms with Crippen molar-refractivity contribution in [2.75, 3.05) is 11.4 Å². The van der Waals surface area contributed by atoms with Gasteiger partial charge in [0.05, 0.1) is 5.69 Å². The molecule has 2 unspecified atom stereocenters. The number of para-hydroxylation sites is 1. The second-order valence-corrected chi connectivity index (χ2v) is 6.48. The molecule has 0 radical (unpaired) electrons. The second-order valence-electron chi connectivity index (χ2n) is 5.63. The molecule has 2 aliphatic heterocycles. The van der Waals surface area contributed by atoms with E-state index in [0.717, 1.165) is 36.0 Å². The van der Waals surface area contributed by atoms with Gasteiger partial charge in [-0.15, -0.1) is 0 Å². The molecule has 0 aliphatic carbocycles. The van der Waals surface area contributed by atoms with Gasteiger partial charge in [-0.3, -0.25) is 14.5 Å². The van der Waals surface area contributed by atoms with E-state index in [0.29, 0.717) is 6.42 Å². The fourth-order valence-electron chi connectivity index (χ4n) is 3.36. The van der Waals surface area contributed by atoms with Gasteiger partial charge in [-0.05, 0) is 53.7 Å². The number of hydrogen-bond donors (Lipinski definition) is 0. The summed E-state index contributed by atoms with van der Waals surface area (Å²) in [6.07, 6.45) is 3.43. The Hall–Kier alpha value is -1.36. The van der Waals surface area contributed by atoms with Crippen LogP contribution in [-0.2, 0) is 9.59 Å². The molecular formula is C16H19BrN2O2. The molecule has 5 heteroatoms. The van der Waals surface area contributed by atoms with Gasteiger partial charge in [0.25, 0.3) is 5.91 Å². The van der Waals surface area contributed by atoms with Crippen LogP contribution in [0.5, 0.6) is 0 Å². The highest BCUT2D eigenvalue weighted by Gasteiger charge is 2.46. The third-order valence-electron chi connectivity index (χ3n) is 4.40. The second kappa shape index (κ2) is 5.79. The molecular weight excluding hydrogens is 332 g/mol. The average molecular weight is 351 g/mol. The van der Waals surface area contributed by atoms with Crippen molar-refractivity contribution in [1.29, 1.82) is 0 Å². The van der Waals surface area contributed by atoms with Gasteiger partial charge in [0.2, 0.25) is 5.91 Å². The van der Waals surface area contributed by atoms with Crippen LogP contribution in [0.15, 0.2) is 28.7 Å². The van der Waals surface area contributed by atoms with E-state index in [-0.39, 0.29) is 23.9 Å². The van der Waals surface area contributed by atoms with Gasteiger partial charge in [0.1, 0.15) is 12.1 Å². The van der Waals surface area contributed by atoms with Gasteiger partial charge in [0.15, 0.2) is 0 Å². The van der Waals surface area contributed by atoms with E-state index in [1.807, 2.05) is 31.2 Å². The molecule has 0 bridgehead atoms. The van der Waals surface area contributed by atoms with Crippen molar-refractivity contribution >= 4 is 33.4 Å². The number of anilines is 1. The summed E-state index contributed by atoms with van der Waals surface area (Å²) in [5, 5.41) is 0. The predicted octanol–water partition coefficient (Wildman–Crippen LogP) is 2.96. The first kappa shape index (κ1) is 14.6. The molecule has 0 N–H and O–H groups in total. The Bertz CT molecular complexity index is 575. The van der Waals surface area contributed by atoms with Gasteiger partial charge in [-0.2, -0.15) is 0 Å². The Kier molecular flexibility index (Phi) is 4.02. The number of piperidine rings is 1. The number of halogens is 1. The zero-order chi connectivity index (χ0) is 15.0. The zero-order valence-electron chi connectivity index (χ0n) is 12.1. The third-order valence-corrected chi connectivity index (χ3v) is 5.07. The normalized spacial score (nSPS) is 26.0. The van der Waals surface area contributed by atoms with E-state index < -0.39 is 0 Å². The number of hydrogen-bond acceptors (Lipinski definition) is 2. The van der Waals surface area contributed by atoms with E-state index in [2.05, 4.69) is 15.9 Å². The van der Waals surface area contributed by atoms with Gasteiger partial charge in [-0.25, -0.2) is 0 Å². The highest BCUT2D eigenvalue weighted by Crippen LogP contribution is 2.34. The summed E-state index contributed by atoms with van der Waals surface area (Å²) >= 11 is 3.51. The van der Waals surface area contributed by atoms with E-state index in [1.54, 1.807) is 9.80 Å². The molecule has 0 aromatic heterocycles. The summed E-state index contributed by atoms with van der Waals surface area (Å²) in [4.78, 5) is 29.2. The Morgan fingerprint density at radius 3 is 2.67 bits per heavy atom. The Morgan fingerprint density at radius 2 is 1.95 bits per heavy atom. The summed E-state index contributed by atoms with van der Waals surface area (Å²) < 4.78 is 0.855. The smallest absolute Gasteiger partial charge is 0.250 e. The first-order valence-electron chi connectivity index (χ1n) is 7.53. The lowest BCUT2D eigenvalue weighted by atomic mass is 9.94. The van der Waals surface area contributed by atoms with Crippen LogP contribution in [0.2, 0.25) is 0 Å². The number of benzene rings is 1. The van der Waals surface area contributed by atoms with Crippen molar-refractivity contribution in [3.05, 3.63) is 28.7 Å². The number of amides is 2. The monoisotopic (exact) mass is 350 g/mol. The maximum atomic E-state index is 12.9. The molecule has 2 amide bonds. The summed E-state index contributed by atoms with van der Waals surface area (Å²) in [5.74, 6) is 0.158. The van der Waals surface area contributed by atoms with Crippen molar-refractivity contribution < 1.29 is 9.59 Å². The van der Waals surface area contributed by atoms with Crippen molar-refractivity contribution in [2.45, 2.75) is 44.7 Å². The SMILES string of the molecule is CCC1C(=O)N2CCCCC2C(=O)N1c1ccccc1Br. The molecule has 0 spiro atoms. The lowest BCUT2D eigenvalue weighted by Gasteiger charge is -2.47. The third kappa shape index (κ3) is 2.37. The topological polar surface area (TPSA) is 40.6 Å².